The van der Waals surface area contributed by atoms with Gasteiger partial charge in [-0.3, -0.25) is 0 Å². The molecule has 11 aromatic rings. The van der Waals surface area contributed by atoms with Crippen LogP contribution in [0.2, 0.25) is 0 Å². The lowest BCUT2D eigenvalue weighted by molar-refractivity contribution is 1.16. The number of para-hydroxylation sites is 3. The van der Waals surface area contributed by atoms with Crippen LogP contribution in [-0.4, -0.2) is 19.1 Å². The van der Waals surface area contributed by atoms with Gasteiger partial charge in [-0.1, -0.05) is 127 Å². The summed E-state index contributed by atoms with van der Waals surface area (Å²) in [5.74, 6) is 0.725. The highest BCUT2D eigenvalue weighted by atomic mass is 15.0. The first-order valence-corrected chi connectivity index (χ1v) is 18.4. The highest BCUT2D eigenvalue weighted by Gasteiger charge is 2.24. The highest BCUT2D eigenvalue weighted by molar-refractivity contribution is 6.22. The molecule has 0 saturated heterocycles. The molecular weight excluding hydrogens is 657 g/mol. The van der Waals surface area contributed by atoms with Gasteiger partial charge in [-0.25, -0.2) is 9.97 Å². The molecule has 1 aliphatic rings. The molecule has 1 aliphatic carbocycles. The molecule has 3 aromatic heterocycles. The van der Waals surface area contributed by atoms with E-state index >= 15 is 0 Å². The topological polar surface area (TPSA) is 35.6 Å². The Balaban J connectivity index is 1.06. The average Bonchev–Trinajstić information content (AvgIpc) is 3.88. The largest absolute Gasteiger partial charge is 0.309 e. The number of hydrogen-bond donors (Lipinski definition) is 0. The van der Waals surface area contributed by atoms with E-state index in [2.05, 4.69) is 185 Å². The highest BCUT2D eigenvalue weighted by Crippen LogP contribution is 2.47. The van der Waals surface area contributed by atoms with E-state index < -0.39 is 0 Å². The molecule has 0 saturated carbocycles. The second kappa shape index (κ2) is 11.1. The van der Waals surface area contributed by atoms with E-state index in [-0.39, 0.29) is 0 Å². The third-order valence-corrected chi connectivity index (χ3v) is 11.3. The van der Waals surface area contributed by atoms with Crippen LogP contribution in [0.4, 0.5) is 0 Å². The maximum Gasteiger partial charge on any atom is 0.159 e. The third kappa shape index (κ3) is 4.02. The molecule has 4 nitrogen and oxygen atoms in total. The lowest BCUT2D eigenvalue weighted by Crippen LogP contribution is -1.96. The lowest BCUT2D eigenvalue weighted by Gasteiger charge is -2.12. The average molecular weight is 687 g/mol. The molecule has 0 spiro atoms. The van der Waals surface area contributed by atoms with E-state index in [0.29, 0.717) is 0 Å². The van der Waals surface area contributed by atoms with E-state index in [0.717, 1.165) is 45.1 Å². The van der Waals surface area contributed by atoms with Crippen molar-refractivity contribution < 1.29 is 0 Å². The minimum atomic E-state index is 0.725. The molecule has 4 heteroatoms. The summed E-state index contributed by atoms with van der Waals surface area (Å²) >= 11 is 0. The van der Waals surface area contributed by atoms with Crippen LogP contribution in [0, 0.1) is 0 Å². The summed E-state index contributed by atoms with van der Waals surface area (Å²) in [5, 5.41) is 7.45. The molecule has 12 rings (SSSR count). The Morgan fingerprint density at radius 1 is 0.370 bits per heavy atom. The van der Waals surface area contributed by atoms with E-state index in [1.54, 1.807) is 0 Å². The molecule has 54 heavy (non-hydrogen) atoms. The maximum absolute atomic E-state index is 5.22. The first-order chi connectivity index (χ1) is 26.8. The van der Waals surface area contributed by atoms with Gasteiger partial charge in [0.25, 0.3) is 0 Å². The van der Waals surface area contributed by atoms with E-state index in [4.69, 9.17) is 9.97 Å². The van der Waals surface area contributed by atoms with Gasteiger partial charge in [0.05, 0.1) is 27.8 Å². The van der Waals surface area contributed by atoms with Crippen LogP contribution < -0.4 is 0 Å². The molecular formula is C50H30N4. The van der Waals surface area contributed by atoms with Gasteiger partial charge < -0.3 is 9.13 Å². The zero-order valence-electron chi connectivity index (χ0n) is 29.1. The minimum Gasteiger partial charge on any atom is -0.309 e. The quantitative estimate of drug-likeness (QED) is 0.185. The van der Waals surface area contributed by atoms with Gasteiger partial charge >= 0.3 is 0 Å². The molecule has 0 fully saturated rings. The van der Waals surface area contributed by atoms with Crippen LogP contribution >= 0.6 is 0 Å². The van der Waals surface area contributed by atoms with Gasteiger partial charge in [0, 0.05) is 55.8 Å². The second-order valence-electron chi connectivity index (χ2n) is 14.2. The third-order valence-electron chi connectivity index (χ3n) is 11.3. The van der Waals surface area contributed by atoms with Crippen molar-refractivity contribution in [3.05, 3.63) is 182 Å². The summed E-state index contributed by atoms with van der Waals surface area (Å²) in [4.78, 5) is 10.2. The number of nitrogens with zero attached hydrogens (tertiary/aromatic N) is 4. The standard InChI is InChI=1S/C50H30N4/c1-2-16-33(17-3-1)53-42-25-6-4-19-38(42)47-35(22-11-27-44(47)53)36-23-12-28-45-48(36)39-20-5-7-26-43(39)54(45)34-18-8-15-32(29-34)50-51-30-41-37-21-9-13-31-14-10-24-40(46(31)37)49(41)52-50/h1-30H. The molecule has 0 atom stereocenters. The van der Waals surface area contributed by atoms with E-state index in [1.807, 2.05) is 6.20 Å². The number of rotatable bonds is 4. The summed E-state index contributed by atoms with van der Waals surface area (Å²) < 4.78 is 4.79. The number of fused-ring (bicyclic) bond motifs is 9. The van der Waals surface area contributed by atoms with E-state index in [9.17, 15) is 0 Å². The Bertz CT molecular complexity index is 3330. The van der Waals surface area contributed by atoms with Crippen molar-refractivity contribution in [2.24, 2.45) is 0 Å². The minimum absolute atomic E-state index is 0.725. The number of benzene rings is 8. The molecule has 3 heterocycles. The molecule has 0 radical (unpaired) electrons. The summed E-state index contributed by atoms with van der Waals surface area (Å²) in [6.07, 6.45) is 2.00. The van der Waals surface area contributed by atoms with E-state index in [1.165, 1.54) is 65.6 Å². The predicted molar refractivity (Wildman–Crippen MR) is 224 cm³/mol. The molecule has 0 N–H and O–H groups in total. The number of aromatic nitrogens is 4. The molecule has 0 aliphatic heterocycles. The Morgan fingerprint density at radius 3 is 1.57 bits per heavy atom. The van der Waals surface area contributed by atoms with Gasteiger partial charge in [-0.05, 0) is 76.0 Å². The summed E-state index contributed by atoms with van der Waals surface area (Å²) in [6.45, 7) is 0. The van der Waals surface area contributed by atoms with Crippen molar-refractivity contribution in [1.82, 2.24) is 19.1 Å². The van der Waals surface area contributed by atoms with Gasteiger partial charge in [-0.2, -0.15) is 0 Å². The fourth-order valence-corrected chi connectivity index (χ4v) is 9.09. The monoisotopic (exact) mass is 686 g/mol. The van der Waals surface area contributed by atoms with Crippen LogP contribution in [0.15, 0.2) is 182 Å². The summed E-state index contributed by atoms with van der Waals surface area (Å²) in [6, 6.07) is 63.3. The van der Waals surface area contributed by atoms with Crippen molar-refractivity contribution in [1.29, 1.82) is 0 Å². The van der Waals surface area contributed by atoms with Crippen LogP contribution in [-0.2, 0) is 0 Å². The molecule has 0 bridgehead atoms. The van der Waals surface area contributed by atoms with Crippen LogP contribution in [0.1, 0.15) is 0 Å². The van der Waals surface area contributed by atoms with Gasteiger partial charge in [-0.15, -0.1) is 0 Å². The maximum atomic E-state index is 5.22. The number of hydrogen-bond acceptors (Lipinski definition) is 2. The van der Waals surface area contributed by atoms with Crippen LogP contribution in [0.25, 0.3) is 111 Å². The Labute approximate surface area is 310 Å². The van der Waals surface area contributed by atoms with Crippen LogP contribution in [0.3, 0.4) is 0 Å². The first kappa shape index (κ1) is 29.3. The van der Waals surface area contributed by atoms with Crippen molar-refractivity contribution in [2.75, 3.05) is 0 Å². The van der Waals surface area contributed by atoms with Crippen molar-refractivity contribution in [3.8, 4) is 56.3 Å². The van der Waals surface area contributed by atoms with Crippen molar-refractivity contribution in [2.45, 2.75) is 0 Å². The molecule has 250 valence electrons. The molecule has 0 amide bonds. The summed E-state index contributed by atoms with van der Waals surface area (Å²) in [5.41, 5.74) is 14.9. The Morgan fingerprint density at radius 2 is 0.889 bits per heavy atom. The lowest BCUT2D eigenvalue weighted by atomic mass is 9.95. The van der Waals surface area contributed by atoms with Gasteiger partial charge in [0.15, 0.2) is 5.82 Å². The Kier molecular flexibility index (Phi) is 6.02. The zero-order valence-corrected chi connectivity index (χ0v) is 29.1. The van der Waals surface area contributed by atoms with Crippen LogP contribution in [0.5, 0.6) is 0 Å². The first-order valence-electron chi connectivity index (χ1n) is 18.4. The smallest absolute Gasteiger partial charge is 0.159 e. The van der Waals surface area contributed by atoms with Crippen molar-refractivity contribution in [3.63, 3.8) is 0 Å². The fourth-order valence-electron chi connectivity index (χ4n) is 9.09. The fraction of sp³-hybridized carbons (Fsp3) is 0. The summed E-state index contributed by atoms with van der Waals surface area (Å²) in [7, 11) is 0. The SMILES string of the molecule is c1ccc(-n2c3ccccc3c3c(-c4cccc5c4c4ccccc4n5-c4cccc(-c5ncc6c(n5)-c5cccc7cccc-6c57)c4)cccc32)cc1. The Hall–Kier alpha value is -7.30. The van der Waals surface area contributed by atoms with Gasteiger partial charge in [0.2, 0.25) is 0 Å². The van der Waals surface area contributed by atoms with Gasteiger partial charge in [0.1, 0.15) is 0 Å². The normalized spacial score (nSPS) is 12.1. The van der Waals surface area contributed by atoms with Crippen molar-refractivity contribution >= 4 is 54.4 Å². The molecule has 0 unspecified atom stereocenters. The molecule has 8 aromatic carbocycles. The second-order valence-corrected chi connectivity index (χ2v) is 14.2. The zero-order chi connectivity index (χ0) is 35.3. The predicted octanol–water partition coefficient (Wildman–Crippen LogP) is 12.8.